The molecule has 10 heteroatoms. The molecule has 1 saturated carbocycles. The first-order valence-corrected chi connectivity index (χ1v) is 16.0. The Bertz CT molecular complexity index is 1740. The van der Waals surface area contributed by atoms with Gasteiger partial charge in [0.05, 0.1) is 13.2 Å². The second kappa shape index (κ2) is 15.0. The van der Waals surface area contributed by atoms with Crippen molar-refractivity contribution < 1.29 is 19.4 Å². The van der Waals surface area contributed by atoms with Crippen molar-refractivity contribution >= 4 is 11.8 Å². The molecule has 0 radical (unpaired) electrons. The minimum Gasteiger partial charge on any atom is -0.494 e. The van der Waals surface area contributed by atoms with Crippen molar-refractivity contribution in [3.05, 3.63) is 136 Å². The van der Waals surface area contributed by atoms with Gasteiger partial charge in [-0.2, -0.15) is 0 Å². The third kappa shape index (κ3) is 7.64. The lowest BCUT2D eigenvalue weighted by atomic mass is 9.80. The first-order valence-electron chi connectivity index (χ1n) is 16.0. The van der Waals surface area contributed by atoms with Crippen LogP contribution in [0.3, 0.4) is 0 Å². The zero-order valence-electron chi connectivity index (χ0n) is 26.1. The number of amides is 1. The Morgan fingerprint density at radius 1 is 0.936 bits per heavy atom. The standard InChI is InChI=1S/C37H38N6O4/c38-43-40-25-32-10-5-4-9-31(32)23-37(36(45)42-39-24-26-11-12-26)34(29-15-13-28(14-16-29)27-7-2-1-3-8-27)47-35(41-37)30-17-19-33(20-18-30)46-22-6-21-44/h1-5,7-10,13-20,26,34,39,44H,6,11-12,21-25H2,(H,42,45)/t34-,37-/m0/s1. The molecular formula is C37H38N6O4. The van der Waals surface area contributed by atoms with Crippen molar-refractivity contribution in [2.45, 2.75) is 43.9 Å². The largest absolute Gasteiger partial charge is 0.494 e. The SMILES string of the molecule is [N-]=[N+]=NCc1ccccc1C[C@]1(C(=O)NNCC2CC2)N=C(c2ccc(OCCCO)cc2)O[C@H]1c1ccc(-c2ccccc2)cc1. The molecule has 6 rings (SSSR count). The molecule has 2 atom stereocenters. The molecular weight excluding hydrogens is 592 g/mol. The smallest absolute Gasteiger partial charge is 0.266 e. The van der Waals surface area contributed by atoms with Gasteiger partial charge in [-0.3, -0.25) is 10.2 Å². The highest BCUT2D eigenvalue weighted by Crippen LogP contribution is 2.43. The van der Waals surface area contributed by atoms with Crippen LogP contribution < -0.4 is 15.6 Å². The van der Waals surface area contributed by atoms with E-state index in [-0.39, 0.29) is 25.5 Å². The van der Waals surface area contributed by atoms with E-state index in [1.54, 1.807) is 0 Å². The van der Waals surface area contributed by atoms with Crippen LogP contribution in [0.15, 0.2) is 113 Å². The fraction of sp³-hybridized carbons (Fsp3) is 0.297. The van der Waals surface area contributed by atoms with Crippen molar-refractivity contribution in [1.82, 2.24) is 10.9 Å². The van der Waals surface area contributed by atoms with Crippen LogP contribution in [0.1, 0.15) is 47.6 Å². The van der Waals surface area contributed by atoms with Crippen molar-refractivity contribution in [1.29, 1.82) is 0 Å². The van der Waals surface area contributed by atoms with Crippen LogP contribution in [0, 0.1) is 5.92 Å². The lowest BCUT2D eigenvalue weighted by Gasteiger charge is -2.31. The van der Waals surface area contributed by atoms with Crippen LogP contribution in [0.4, 0.5) is 0 Å². The maximum absolute atomic E-state index is 14.5. The number of rotatable bonds is 15. The summed E-state index contributed by atoms with van der Waals surface area (Å²) in [6.45, 7) is 1.29. The zero-order valence-corrected chi connectivity index (χ0v) is 26.1. The van der Waals surface area contributed by atoms with Crippen molar-refractivity contribution in [3.8, 4) is 16.9 Å². The average Bonchev–Trinajstić information content (AvgIpc) is 3.87. The number of hydrogen-bond donors (Lipinski definition) is 3. The van der Waals surface area contributed by atoms with E-state index in [2.05, 4.69) is 33.0 Å². The fourth-order valence-corrected chi connectivity index (χ4v) is 5.75. The predicted octanol–water partition coefficient (Wildman–Crippen LogP) is 6.46. The van der Waals surface area contributed by atoms with Gasteiger partial charge in [-0.25, -0.2) is 10.4 Å². The van der Waals surface area contributed by atoms with Crippen molar-refractivity contribution in [2.24, 2.45) is 16.0 Å². The molecule has 1 aliphatic heterocycles. The Balaban J connectivity index is 1.41. The van der Waals surface area contributed by atoms with Gasteiger partial charge in [0.1, 0.15) is 5.75 Å². The van der Waals surface area contributed by atoms with Gasteiger partial charge < -0.3 is 14.6 Å². The highest BCUT2D eigenvalue weighted by atomic mass is 16.5. The molecule has 4 aromatic rings. The van der Waals surface area contributed by atoms with E-state index < -0.39 is 11.6 Å². The number of aliphatic imine (C=N–C) groups is 1. The van der Waals surface area contributed by atoms with E-state index in [0.717, 1.165) is 40.7 Å². The molecule has 10 nitrogen and oxygen atoms in total. The molecule has 0 saturated heterocycles. The summed E-state index contributed by atoms with van der Waals surface area (Å²) in [6.07, 6.45) is 2.26. The number of hydrogen-bond acceptors (Lipinski definition) is 7. The minimum absolute atomic E-state index is 0.0576. The van der Waals surface area contributed by atoms with Gasteiger partial charge >= 0.3 is 0 Å². The maximum atomic E-state index is 14.5. The predicted molar refractivity (Wildman–Crippen MR) is 180 cm³/mol. The molecule has 0 spiro atoms. The number of hydrazine groups is 1. The molecule has 2 aliphatic rings. The number of nitrogens with zero attached hydrogens (tertiary/aromatic N) is 4. The topological polar surface area (TPSA) is 141 Å². The summed E-state index contributed by atoms with van der Waals surface area (Å²) in [4.78, 5) is 22.6. The van der Waals surface area contributed by atoms with Gasteiger partial charge in [0.25, 0.3) is 5.91 Å². The van der Waals surface area contributed by atoms with Gasteiger partial charge in [-0.15, -0.1) is 0 Å². The van der Waals surface area contributed by atoms with Crippen LogP contribution in [0.2, 0.25) is 0 Å². The molecule has 0 bridgehead atoms. The van der Waals surface area contributed by atoms with Crippen LogP contribution >= 0.6 is 0 Å². The number of carbonyl (C=O) groups excluding carboxylic acids is 1. The first-order chi connectivity index (χ1) is 23.1. The highest BCUT2D eigenvalue weighted by molar-refractivity contribution is 6.01. The quantitative estimate of drug-likeness (QED) is 0.0455. The summed E-state index contributed by atoms with van der Waals surface area (Å²) in [7, 11) is 0. The van der Waals surface area contributed by atoms with Crippen molar-refractivity contribution in [2.75, 3.05) is 19.8 Å². The third-order valence-electron chi connectivity index (χ3n) is 8.52. The molecule has 1 aliphatic carbocycles. The molecule has 3 N–H and O–H groups in total. The number of nitrogens with one attached hydrogen (secondary N) is 2. The molecule has 1 fully saturated rings. The normalized spacial score (nSPS) is 18.5. The lowest BCUT2D eigenvalue weighted by molar-refractivity contribution is -0.130. The minimum atomic E-state index is -1.40. The monoisotopic (exact) mass is 630 g/mol. The summed E-state index contributed by atoms with van der Waals surface area (Å²) < 4.78 is 12.4. The van der Waals surface area contributed by atoms with E-state index in [1.807, 2.05) is 91.0 Å². The molecule has 240 valence electrons. The Labute approximate surface area is 274 Å². The van der Waals surface area contributed by atoms with Gasteiger partial charge in [0.2, 0.25) is 5.90 Å². The van der Waals surface area contributed by atoms with E-state index in [0.29, 0.717) is 42.7 Å². The van der Waals surface area contributed by atoms with E-state index in [9.17, 15) is 4.79 Å². The average molecular weight is 631 g/mol. The number of carbonyl (C=O) groups is 1. The van der Waals surface area contributed by atoms with Crippen molar-refractivity contribution in [3.63, 3.8) is 0 Å². The Morgan fingerprint density at radius 2 is 1.62 bits per heavy atom. The van der Waals surface area contributed by atoms with Gasteiger partial charge in [-0.1, -0.05) is 84.0 Å². The summed E-state index contributed by atoms with van der Waals surface area (Å²) in [5, 5.41) is 12.9. The number of aliphatic hydroxyl groups excluding tert-OH is 1. The third-order valence-corrected chi connectivity index (χ3v) is 8.52. The van der Waals surface area contributed by atoms with Crippen LogP contribution in [-0.2, 0) is 22.5 Å². The number of ether oxygens (including phenoxy) is 2. The summed E-state index contributed by atoms with van der Waals surface area (Å²) in [5.41, 5.74) is 19.1. The van der Waals surface area contributed by atoms with Crippen LogP contribution in [-0.4, -0.2) is 42.2 Å². The number of azide groups is 1. The zero-order chi connectivity index (χ0) is 32.5. The van der Waals surface area contributed by atoms with E-state index >= 15 is 0 Å². The Hall–Kier alpha value is -5.15. The summed E-state index contributed by atoms with van der Waals surface area (Å²) in [6, 6.07) is 33.2. The van der Waals surface area contributed by atoms with E-state index in [1.165, 1.54) is 0 Å². The number of aliphatic hydroxyl groups is 1. The van der Waals surface area contributed by atoms with Gasteiger partial charge in [-0.05, 0) is 76.4 Å². The van der Waals surface area contributed by atoms with Crippen LogP contribution in [0.25, 0.3) is 21.6 Å². The molecule has 1 heterocycles. The molecule has 0 aromatic heterocycles. The molecule has 47 heavy (non-hydrogen) atoms. The second-order valence-electron chi connectivity index (χ2n) is 11.9. The molecule has 0 unspecified atom stereocenters. The maximum Gasteiger partial charge on any atom is 0.266 e. The molecule has 4 aromatic carbocycles. The molecule has 1 amide bonds. The fourth-order valence-electron chi connectivity index (χ4n) is 5.75. The lowest BCUT2D eigenvalue weighted by Crippen LogP contribution is -2.54. The van der Waals surface area contributed by atoms with Gasteiger partial charge in [0.15, 0.2) is 11.6 Å². The van der Waals surface area contributed by atoms with Crippen LogP contribution in [0.5, 0.6) is 5.75 Å². The highest BCUT2D eigenvalue weighted by Gasteiger charge is 2.53. The Morgan fingerprint density at radius 3 is 2.32 bits per heavy atom. The first kappa shape index (κ1) is 31.8. The van der Waals surface area contributed by atoms with Gasteiger partial charge in [0, 0.05) is 36.5 Å². The second-order valence-corrected chi connectivity index (χ2v) is 11.9. The summed E-state index contributed by atoms with van der Waals surface area (Å²) >= 11 is 0. The summed E-state index contributed by atoms with van der Waals surface area (Å²) in [5.74, 6) is 1.24. The van der Waals surface area contributed by atoms with E-state index in [4.69, 9.17) is 25.1 Å². The number of benzene rings is 4. The Kier molecular flexibility index (Phi) is 10.1.